The Kier molecular flexibility index (Phi) is 5.08. The Morgan fingerprint density at radius 1 is 1.30 bits per heavy atom. The number of nitrogens with zero attached hydrogens (tertiary/aromatic N) is 1. The number of quaternary nitrogens is 1. The zero-order chi connectivity index (χ0) is 16.2. The van der Waals surface area contributed by atoms with Crippen molar-refractivity contribution in [1.29, 1.82) is 0 Å². The van der Waals surface area contributed by atoms with Crippen LogP contribution >= 0.6 is 11.3 Å². The highest BCUT2D eigenvalue weighted by atomic mass is 32.1. The maximum Gasteiger partial charge on any atom is 0.148 e. The first-order valence-electron chi connectivity index (χ1n) is 8.17. The van der Waals surface area contributed by atoms with Gasteiger partial charge in [-0.3, -0.25) is 0 Å². The highest BCUT2D eigenvalue weighted by molar-refractivity contribution is 7.13. The minimum atomic E-state index is -1.11. The Morgan fingerprint density at radius 3 is 2.61 bits per heavy atom. The quantitative estimate of drug-likeness (QED) is 0.884. The van der Waals surface area contributed by atoms with Crippen molar-refractivity contribution in [2.24, 2.45) is 5.92 Å². The van der Waals surface area contributed by atoms with E-state index in [1.807, 2.05) is 0 Å². The fraction of sp³-hybridized carbons (Fsp3) is 0.444. The van der Waals surface area contributed by atoms with E-state index < -0.39 is 5.97 Å². The van der Waals surface area contributed by atoms with E-state index >= 15 is 0 Å². The largest absolute Gasteiger partial charge is 0.544 e. The lowest BCUT2D eigenvalue weighted by Gasteiger charge is -2.28. The van der Waals surface area contributed by atoms with Crippen LogP contribution in [0.5, 0.6) is 0 Å². The van der Waals surface area contributed by atoms with E-state index in [0.717, 1.165) is 30.6 Å². The fourth-order valence-electron chi connectivity index (χ4n) is 3.35. The number of aromatic carboxylic acids is 1. The summed E-state index contributed by atoms with van der Waals surface area (Å²) in [6.07, 6.45) is 3.61. The smallest absolute Gasteiger partial charge is 0.148 e. The van der Waals surface area contributed by atoms with E-state index in [2.05, 4.69) is 35.3 Å². The number of rotatable bonds is 5. The van der Waals surface area contributed by atoms with E-state index in [9.17, 15) is 9.90 Å². The summed E-state index contributed by atoms with van der Waals surface area (Å²) >= 11 is 1.27. The molecular weight excluding hydrogens is 308 g/mol. The molecule has 1 aromatic carbocycles. The molecule has 0 amide bonds. The summed E-state index contributed by atoms with van der Waals surface area (Å²) < 4.78 is 0. The number of aryl methyl sites for hydroxylation is 1. The first kappa shape index (κ1) is 16.1. The number of carbonyl (C=O) groups is 1. The number of carboxylic acids is 1. The third-order valence-corrected chi connectivity index (χ3v) is 5.74. The molecule has 23 heavy (non-hydrogen) atoms. The Labute approximate surface area is 140 Å². The van der Waals surface area contributed by atoms with Gasteiger partial charge >= 0.3 is 0 Å². The number of hydrogen-bond donors (Lipinski definition) is 1. The molecule has 0 atom stereocenters. The zero-order valence-electron chi connectivity index (χ0n) is 13.4. The molecule has 1 aliphatic rings. The minimum absolute atomic E-state index is 0.276. The predicted octanol–water partition coefficient (Wildman–Crippen LogP) is 0.853. The monoisotopic (exact) mass is 330 g/mol. The topological polar surface area (TPSA) is 57.5 Å². The molecule has 1 fully saturated rings. The van der Waals surface area contributed by atoms with Crippen LogP contribution in [0.25, 0.3) is 0 Å². The summed E-state index contributed by atoms with van der Waals surface area (Å²) in [7, 11) is 0. The van der Waals surface area contributed by atoms with Crippen LogP contribution in [0.4, 0.5) is 0 Å². The van der Waals surface area contributed by atoms with Gasteiger partial charge in [-0.05, 0) is 37.7 Å². The van der Waals surface area contributed by atoms with E-state index in [1.54, 1.807) is 6.92 Å². The van der Waals surface area contributed by atoms with Crippen molar-refractivity contribution >= 4 is 17.3 Å². The zero-order valence-corrected chi connectivity index (χ0v) is 14.2. The number of hydrogen-bond acceptors (Lipinski definition) is 4. The average Bonchev–Trinajstić information content (AvgIpc) is 2.91. The first-order chi connectivity index (χ1) is 11.1. The molecule has 2 aromatic rings. The second kappa shape index (κ2) is 7.23. The number of piperidine rings is 1. The SMILES string of the molecule is Cc1nc(C[NH+]2CCC(Cc3ccccc3)CC2)sc1C(=O)[O-]. The van der Waals surface area contributed by atoms with Gasteiger partial charge in [0.15, 0.2) is 0 Å². The van der Waals surface area contributed by atoms with Gasteiger partial charge in [0.05, 0.1) is 29.6 Å². The lowest BCUT2D eigenvalue weighted by Crippen LogP contribution is -3.11. The van der Waals surface area contributed by atoms with E-state index in [-0.39, 0.29) is 4.88 Å². The number of thiazole rings is 1. The molecular formula is C18H22N2O2S. The van der Waals surface area contributed by atoms with Crippen LogP contribution < -0.4 is 10.0 Å². The molecule has 1 aliphatic heterocycles. The van der Waals surface area contributed by atoms with Gasteiger partial charge in [-0.15, -0.1) is 11.3 Å². The Morgan fingerprint density at radius 2 is 2.00 bits per heavy atom. The lowest BCUT2D eigenvalue weighted by molar-refractivity contribution is -0.919. The molecule has 1 saturated heterocycles. The molecule has 0 spiro atoms. The summed E-state index contributed by atoms with van der Waals surface area (Å²) in [4.78, 5) is 17.2. The number of likely N-dealkylation sites (tertiary alicyclic amines) is 1. The van der Waals surface area contributed by atoms with Gasteiger partial charge in [-0.2, -0.15) is 0 Å². The molecule has 5 heteroatoms. The second-order valence-corrected chi connectivity index (χ2v) is 7.45. The standard InChI is InChI=1S/C18H22N2O2S/c1-13-17(18(21)22)23-16(19-13)12-20-9-7-15(8-10-20)11-14-5-3-2-4-6-14/h2-6,15H,7-12H2,1H3,(H,21,22). The van der Waals surface area contributed by atoms with Crippen molar-refractivity contribution in [2.75, 3.05) is 13.1 Å². The van der Waals surface area contributed by atoms with Crippen molar-refractivity contribution in [3.05, 3.63) is 51.5 Å². The molecule has 0 unspecified atom stereocenters. The van der Waals surface area contributed by atoms with Gasteiger partial charge in [0.1, 0.15) is 11.6 Å². The molecule has 0 saturated carbocycles. The third kappa shape index (κ3) is 4.18. The number of nitrogens with one attached hydrogen (secondary N) is 1. The molecule has 1 aromatic heterocycles. The van der Waals surface area contributed by atoms with Crippen LogP contribution in [-0.2, 0) is 13.0 Å². The van der Waals surface area contributed by atoms with E-state index in [4.69, 9.17) is 0 Å². The molecule has 1 N–H and O–H groups in total. The van der Waals surface area contributed by atoms with Gasteiger partial charge in [-0.25, -0.2) is 4.98 Å². The van der Waals surface area contributed by atoms with Crippen LogP contribution in [0.3, 0.4) is 0 Å². The maximum absolute atomic E-state index is 11.0. The van der Waals surface area contributed by atoms with Gasteiger partial charge < -0.3 is 14.8 Å². The number of benzene rings is 1. The summed E-state index contributed by atoms with van der Waals surface area (Å²) in [6, 6.07) is 10.7. The molecule has 3 rings (SSSR count). The first-order valence-corrected chi connectivity index (χ1v) is 8.98. The molecule has 122 valence electrons. The van der Waals surface area contributed by atoms with Gasteiger partial charge in [0.2, 0.25) is 0 Å². The van der Waals surface area contributed by atoms with Crippen molar-refractivity contribution in [3.63, 3.8) is 0 Å². The lowest BCUT2D eigenvalue weighted by atomic mass is 9.90. The van der Waals surface area contributed by atoms with Crippen LogP contribution in [0.2, 0.25) is 0 Å². The van der Waals surface area contributed by atoms with Crippen LogP contribution in [0.1, 0.15) is 38.8 Å². The van der Waals surface area contributed by atoms with Crippen molar-refractivity contribution in [1.82, 2.24) is 4.98 Å². The van der Waals surface area contributed by atoms with Crippen LogP contribution in [0.15, 0.2) is 30.3 Å². The highest BCUT2D eigenvalue weighted by Crippen LogP contribution is 2.18. The third-order valence-electron chi connectivity index (χ3n) is 4.61. The van der Waals surface area contributed by atoms with Gasteiger partial charge in [0, 0.05) is 0 Å². The summed E-state index contributed by atoms with van der Waals surface area (Å²) in [5, 5.41) is 11.9. The van der Waals surface area contributed by atoms with Crippen LogP contribution in [-0.4, -0.2) is 24.0 Å². The molecule has 0 radical (unpaired) electrons. The summed E-state index contributed by atoms with van der Waals surface area (Å²) in [5.74, 6) is -0.346. The highest BCUT2D eigenvalue weighted by Gasteiger charge is 2.23. The Balaban J connectivity index is 1.51. The molecule has 4 nitrogen and oxygen atoms in total. The van der Waals surface area contributed by atoms with E-state index in [1.165, 1.54) is 41.1 Å². The molecule has 2 heterocycles. The normalized spacial score (nSPS) is 21.3. The van der Waals surface area contributed by atoms with Crippen LogP contribution in [0, 0.1) is 12.8 Å². The predicted molar refractivity (Wildman–Crippen MR) is 88.5 cm³/mol. The van der Waals surface area contributed by atoms with Crippen molar-refractivity contribution in [3.8, 4) is 0 Å². The number of carboxylic acid groups (broad SMARTS) is 1. The van der Waals surface area contributed by atoms with Gasteiger partial charge in [-0.1, -0.05) is 30.3 Å². The van der Waals surface area contributed by atoms with E-state index in [0.29, 0.717) is 5.69 Å². The summed E-state index contributed by atoms with van der Waals surface area (Å²) in [5.41, 5.74) is 2.01. The Hall–Kier alpha value is -1.72. The Bertz CT molecular complexity index is 661. The second-order valence-electron chi connectivity index (χ2n) is 6.37. The maximum atomic E-state index is 11.0. The minimum Gasteiger partial charge on any atom is -0.544 e. The number of carbonyl (C=O) groups excluding carboxylic acids is 1. The van der Waals surface area contributed by atoms with Crippen molar-refractivity contribution < 1.29 is 14.8 Å². The van der Waals surface area contributed by atoms with Gasteiger partial charge in [0.25, 0.3) is 0 Å². The molecule has 0 aliphatic carbocycles. The fourth-order valence-corrected chi connectivity index (χ4v) is 4.32. The average molecular weight is 330 g/mol. The number of aromatic nitrogens is 1. The molecule has 0 bridgehead atoms. The summed E-state index contributed by atoms with van der Waals surface area (Å²) in [6.45, 7) is 4.84. The van der Waals surface area contributed by atoms with Crippen molar-refractivity contribution in [2.45, 2.75) is 32.7 Å².